The topological polar surface area (TPSA) is 58.2 Å². The number of aromatic amines is 1. The highest BCUT2D eigenvalue weighted by Crippen LogP contribution is 2.20. The molecular weight excluding hydrogens is 326 g/mol. The molecule has 1 saturated heterocycles. The molecule has 1 aromatic rings. The number of hydrogen-bond acceptors (Lipinski definition) is 4. The number of ether oxygens (including phenoxy) is 1. The fraction of sp³-hybridized carbons (Fsp3) is 0.524. The van der Waals surface area contributed by atoms with E-state index in [2.05, 4.69) is 34.4 Å². The van der Waals surface area contributed by atoms with Gasteiger partial charge in [0.25, 0.3) is 5.56 Å². The Morgan fingerprint density at radius 2 is 2.27 bits per heavy atom. The van der Waals surface area contributed by atoms with E-state index in [1.54, 1.807) is 18.5 Å². The van der Waals surface area contributed by atoms with Gasteiger partial charge in [-0.05, 0) is 64.1 Å². The lowest BCUT2D eigenvalue weighted by atomic mass is 10.0. The van der Waals surface area contributed by atoms with Gasteiger partial charge in [-0.2, -0.15) is 0 Å². The maximum absolute atomic E-state index is 11.8. The molecule has 0 aromatic carbocycles. The number of allylic oxidation sites excluding steroid dienone is 5. The lowest BCUT2D eigenvalue weighted by Gasteiger charge is -2.19. The van der Waals surface area contributed by atoms with Gasteiger partial charge in [-0.3, -0.25) is 14.7 Å². The number of aromatic nitrogens is 2. The van der Waals surface area contributed by atoms with Crippen LogP contribution in [0, 0.1) is 5.92 Å². The van der Waals surface area contributed by atoms with Gasteiger partial charge in [-0.15, -0.1) is 0 Å². The van der Waals surface area contributed by atoms with Crippen LogP contribution in [0.3, 0.4) is 0 Å². The van der Waals surface area contributed by atoms with Gasteiger partial charge in [0.05, 0.1) is 12.4 Å². The van der Waals surface area contributed by atoms with E-state index in [0.29, 0.717) is 18.2 Å². The van der Waals surface area contributed by atoms with Gasteiger partial charge in [0.15, 0.2) is 0 Å². The molecule has 0 spiro atoms. The molecule has 0 aliphatic carbocycles. The largest absolute Gasteiger partial charge is 0.498 e. The Morgan fingerprint density at radius 1 is 1.42 bits per heavy atom. The van der Waals surface area contributed by atoms with E-state index in [4.69, 9.17) is 4.74 Å². The van der Waals surface area contributed by atoms with Crippen molar-refractivity contribution in [1.29, 1.82) is 0 Å². The summed E-state index contributed by atoms with van der Waals surface area (Å²) in [5.41, 5.74) is 1.77. The molecule has 1 fully saturated rings. The Hall–Kier alpha value is -2.14. The van der Waals surface area contributed by atoms with E-state index < -0.39 is 0 Å². The van der Waals surface area contributed by atoms with Crippen LogP contribution in [0.15, 0.2) is 53.3 Å². The van der Waals surface area contributed by atoms with Crippen LogP contribution in [0.25, 0.3) is 0 Å². The molecule has 26 heavy (non-hydrogen) atoms. The first-order chi connectivity index (χ1) is 12.6. The van der Waals surface area contributed by atoms with Crippen LogP contribution >= 0.6 is 0 Å². The van der Waals surface area contributed by atoms with Crippen molar-refractivity contribution in [3.05, 3.63) is 64.6 Å². The predicted octanol–water partition coefficient (Wildman–Crippen LogP) is 3.81. The smallest absolute Gasteiger partial charge is 0.270 e. The van der Waals surface area contributed by atoms with Crippen LogP contribution in [0.5, 0.6) is 0 Å². The maximum atomic E-state index is 11.8. The van der Waals surface area contributed by atoms with E-state index in [1.165, 1.54) is 5.57 Å². The van der Waals surface area contributed by atoms with Crippen molar-refractivity contribution >= 4 is 0 Å². The van der Waals surface area contributed by atoms with Gasteiger partial charge < -0.3 is 9.72 Å². The van der Waals surface area contributed by atoms with Crippen LogP contribution in [-0.4, -0.2) is 34.6 Å². The summed E-state index contributed by atoms with van der Waals surface area (Å²) in [6.07, 6.45) is 13.4. The van der Waals surface area contributed by atoms with Crippen molar-refractivity contribution < 1.29 is 4.74 Å². The molecule has 1 aliphatic heterocycles. The summed E-state index contributed by atoms with van der Waals surface area (Å²) in [6.45, 7) is 11.2. The maximum Gasteiger partial charge on any atom is 0.270 e. The highest BCUT2D eigenvalue weighted by Gasteiger charge is 2.19. The highest BCUT2D eigenvalue weighted by molar-refractivity contribution is 5.10. The molecule has 1 atom stereocenters. The molecule has 5 nitrogen and oxygen atoms in total. The molecular formula is C21H31N3O2. The van der Waals surface area contributed by atoms with E-state index in [-0.39, 0.29) is 5.56 Å². The third-order valence-corrected chi connectivity index (χ3v) is 4.93. The molecule has 1 unspecified atom stereocenters. The zero-order valence-corrected chi connectivity index (χ0v) is 16.0. The average Bonchev–Trinajstić information content (AvgIpc) is 2.87. The van der Waals surface area contributed by atoms with Gasteiger partial charge in [-0.25, -0.2) is 0 Å². The Kier molecular flexibility index (Phi) is 8.35. The second-order valence-electron chi connectivity index (χ2n) is 6.95. The number of nitrogens with zero attached hydrogens (tertiary/aromatic N) is 2. The van der Waals surface area contributed by atoms with Crippen LogP contribution in [0.4, 0.5) is 0 Å². The van der Waals surface area contributed by atoms with Gasteiger partial charge in [-0.1, -0.05) is 24.8 Å². The Labute approximate surface area is 156 Å². The van der Waals surface area contributed by atoms with Crippen molar-refractivity contribution in [2.45, 2.75) is 46.1 Å². The number of hydrogen-bond donors (Lipinski definition) is 1. The molecule has 1 N–H and O–H groups in total. The van der Waals surface area contributed by atoms with E-state index >= 15 is 0 Å². The van der Waals surface area contributed by atoms with Crippen LogP contribution in [-0.2, 0) is 11.3 Å². The minimum atomic E-state index is -0.0848. The van der Waals surface area contributed by atoms with Gasteiger partial charge in [0, 0.05) is 18.9 Å². The van der Waals surface area contributed by atoms with E-state index in [9.17, 15) is 4.79 Å². The third-order valence-electron chi connectivity index (χ3n) is 4.93. The average molecular weight is 357 g/mol. The molecule has 142 valence electrons. The lowest BCUT2D eigenvalue weighted by molar-refractivity contribution is 0.153. The fourth-order valence-corrected chi connectivity index (χ4v) is 3.11. The second-order valence-corrected chi connectivity index (χ2v) is 6.95. The molecule has 2 heterocycles. The quantitative estimate of drug-likeness (QED) is 0.568. The summed E-state index contributed by atoms with van der Waals surface area (Å²) in [5.74, 6) is 1.59. The normalized spacial score (nSPS) is 19.8. The molecule has 5 heteroatoms. The zero-order valence-electron chi connectivity index (χ0n) is 16.0. The molecule has 0 amide bonds. The van der Waals surface area contributed by atoms with Crippen LogP contribution < -0.4 is 5.56 Å². The molecule has 1 aliphatic rings. The fourth-order valence-electron chi connectivity index (χ4n) is 3.11. The Balaban J connectivity index is 1.80. The SMILES string of the molecule is C=C/C=C\C/C(C)=C(\C)OCC1CCCN(Cc2ncc[nH]c2=O)CC1. The number of rotatable bonds is 8. The van der Waals surface area contributed by atoms with Crippen molar-refractivity contribution in [3.8, 4) is 0 Å². The summed E-state index contributed by atoms with van der Waals surface area (Å²) >= 11 is 0. The second kappa shape index (κ2) is 10.8. The first-order valence-corrected chi connectivity index (χ1v) is 9.41. The Morgan fingerprint density at radius 3 is 3.04 bits per heavy atom. The van der Waals surface area contributed by atoms with E-state index in [1.807, 2.05) is 13.0 Å². The van der Waals surface area contributed by atoms with Crippen molar-refractivity contribution in [1.82, 2.24) is 14.9 Å². The van der Waals surface area contributed by atoms with Crippen molar-refractivity contribution in [2.24, 2.45) is 5.92 Å². The zero-order chi connectivity index (χ0) is 18.8. The minimum absolute atomic E-state index is 0.0848. The molecule has 0 bridgehead atoms. The van der Waals surface area contributed by atoms with Crippen LogP contribution in [0.2, 0.25) is 0 Å². The predicted molar refractivity (Wildman–Crippen MR) is 106 cm³/mol. The summed E-state index contributed by atoms with van der Waals surface area (Å²) in [6, 6.07) is 0. The summed E-state index contributed by atoms with van der Waals surface area (Å²) in [5, 5.41) is 0. The van der Waals surface area contributed by atoms with Gasteiger partial charge >= 0.3 is 0 Å². The molecule has 1 aromatic heterocycles. The van der Waals surface area contributed by atoms with Crippen molar-refractivity contribution in [2.75, 3.05) is 19.7 Å². The molecule has 0 radical (unpaired) electrons. The Bertz CT molecular complexity index is 690. The number of H-pyrrole nitrogens is 1. The van der Waals surface area contributed by atoms with Crippen LogP contribution in [0.1, 0.15) is 45.2 Å². The summed E-state index contributed by atoms with van der Waals surface area (Å²) in [7, 11) is 0. The first-order valence-electron chi connectivity index (χ1n) is 9.41. The number of likely N-dealkylation sites (tertiary alicyclic amines) is 1. The number of nitrogens with one attached hydrogen (secondary N) is 1. The minimum Gasteiger partial charge on any atom is -0.498 e. The highest BCUT2D eigenvalue weighted by atomic mass is 16.5. The molecule has 2 rings (SSSR count). The van der Waals surface area contributed by atoms with E-state index in [0.717, 1.165) is 51.1 Å². The van der Waals surface area contributed by atoms with Crippen molar-refractivity contribution in [3.63, 3.8) is 0 Å². The standard InChI is InChI=1S/C21H31N3O2/c1-4-5-6-8-17(2)18(3)26-16-19-9-7-13-24(14-10-19)15-20-21(25)23-12-11-22-20/h4-6,11-12,19H,1,7-10,13-16H2,2-3H3,(H,23,25)/b6-5-,18-17+. The summed E-state index contributed by atoms with van der Waals surface area (Å²) < 4.78 is 6.04. The monoisotopic (exact) mass is 357 g/mol. The molecule has 0 saturated carbocycles. The summed E-state index contributed by atoms with van der Waals surface area (Å²) in [4.78, 5) is 21.0. The third kappa shape index (κ3) is 6.64. The first kappa shape index (κ1) is 20.2. The lowest BCUT2D eigenvalue weighted by Crippen LogP contribution is -2.29. The van der Waals surface area contributed by atoms with Gasteiger partial charge in [0.2, 0.25) is 0 Å². The van der Waals surface area contributed by atoms with Gasteiger partial charge in [0.1, 0.15) is 5.69 Å².